The van der Waals surface area contributed by atoms with Crippen LogP contribution in [0.5, 0.6) is 0 Å². The molecule has 7 nitrogen and oxygen atoms in total. The fourth-order valence-electron chi connectivity index (χ4n) is 4.16. The topological polar surface area (TPSA) is 72.3 Å². The quantitative estimate of drug-likeness (QED) is 0.883. The lowest BCUT2D eigenvalue weighted by molar-refractivity contribution is -0.118. The van der Waals surface area contributed by atoms with Crippen LogP contribution in [0.15, 0.2) is 36.9 Å². The maximum atomic E-state index is 12.3. The molecule has 1 N–H and O–H groups in total. The van der Waals surface area contributed by atoms with Gasteiger partial charge in [0.05, 0.1) is 37.2 Å². The Labute approximate surface area is 153 Å². The number of amides is 1. The molecule has 7 heteroatoms. The predicted octanol–water partition coefficient (Wildman–Crippen LogP) is 1.68. The van der Waals surface area contributed by atoms with Crippen molar-refractivity contribution in [2.24, 2.45) is 18.9 Å². The summed E-state index contributed by atoms with van der Waals surface area (Å²) in [5.41, 5.74) is 1.98. The number of pyridine rings is 1. The number of aryl methyl sites for hydroxylation is 1. The smallest absolute Gasteiger partial charge is 0.227 e. The number of likely N-dealkylation sites (tertiary alicyclic amines) is 1. The highest BCUT2D eigenvalue weighted by Crippen LogP contribution is 2.36. The largest absolute Gasteiger partial charge is 0.377 e. The van der Waals surface area contributed by atoms with Crippen LogP contribution in [0.3, 0.4) is 0 Å². The summed E-state index contributed by atoms with van der Waals surface area (Å²) >= 11 is 0. The van der Waals surface area contributed by atoms with Crippen molar-refractivity contribution in [3.8, 4) is 0 Å². The molecule has 2 aromatic heterocycles. The molecule has 0 bridgehead atoms. The van der Waals surface area contributed by atoms with Crippen molar-refractivity contribution in [2.45, 2.75) is 25.5 Å². The van der Waals surface area contributed by atoms with Gasteiger partial charge in [-0.25, -0.2) is 0 Å². The lowest BCUT2D eigenvalue weighted by Gasteiger charge is -2.35. The molecule has 2 fully saturated rings. The molecule has 0 aliphatic carbocycles. The zero-order chi connectivity index (χ0) is 17.9. The number of rotatable bonds is 5. The van der Waals surface area contributed by atoms with Gasteiger partial charge in [-0.05, 0) is 31.0 Å². The minimum atomic E-state index is 0.00133. The van der Waals surface area contributed by atoms with Crippen molar-refractivity contribution >= 4 is 11.6 Å². The van der Waals surface area contributed by atoms with E-state index in [4.69, 9.17) is 4.74 Å². The second-order valence-electron chi connectivity index (χ2n) is 7.34. The third-order valence-corrected chi connectivity index (χ3v) is 5.38. The lowest BCUT2D eigenvalue weighted by Crippen LogP contribution is -2.41. The van der Waals surface area contributed by atoms with Crippen LogP contribution in [0, 0.1) is 11.8 Å². The Morgan fingerprint density at radius 1 is 1.42 bits per heavy atom. The number of anilines is 1. The Bertz CT molecular complexity index is 747. The first kappa shape index (κ1) is 17.2. The number of carbonyl (C=O) groups excluding carboxylic acids is 1. The molecule has 0 spiro atoms. The summed E-state index contributed by atoms with van der Waals surface area (Å²) in [5, 5.41) is 7.15. The molecule has 0 saturated carbocycles. The molecule has 2 aromatic rings. The molecule has 0 radical (unpaired) electrons. The van der Waals surface area contributed by atoms with Crippen LogP contribution >= 0.6 is 0 Å². The van der Waals surface area contributed by atoms with Crippen LogP contribution in [0.1, 0.15) is 18.4 Å². The molecule has 138 valence electrons. The number of hydrogen-bond acceptors (Lipinski definition) is 5. The summed E-state index contributed by atoms with van der Waals surface area (Å²) in [6.45, 7) is 3.75. The van der Waals surface area contributed by atoms with Crippen molar-refractivity contribution in [3.05, 3.63) is 42.5 Å². The summed E-state index contributed by atoms with van der Waals surface area (Å²) in [6, 6.07) is 3.66. The average Bonchev–Trinajstić information content (AvgIpc) is 3.22. The van der Waals surface area contributed by atoms with E-state index in [0.29, 0.717) is 18.3 Å². The maximum absolute atomic E-state index is 12.3. The highest BCUT2D eigenvalue weighted by Gasteiger charge is 2.41. The number of hydrogen-bond donors (Lipinski definition) is 1. The number of piperidine rings is 1. The Morgan fingerprint density at radius 3 is 3.12 bits per heavy atom. The minimum absolute atomic E-state index is 0.00133. The van der Waals surface area contributed by atoms with Gasteiger partial charge in [0.1, 0.15) is 0 Å². The number of fused-ring (bicyclic) bond motifs is 1. The van der Waals surface area contributed by atoms with E-state index >= 15 is 0 Å². The van der Waals surface area contributed by atoms with Crippen molar-refractivity contribution < 1.29 is 9.53 Å². The monoisotopic (exact) mass is 355 g/mol. The Morgan fingerprint density at radius 2 is 2.35 bits per heavy atom. The molecule has 3 atom stereocenters. The van der Waals surface area contributed by atoms with Crippen molar-refractivity contribution in [1.29, 1.82) is 0 Å². The van der Waals surface area contributed by atoms with E-state index in [1.807, 2.05) is 30.1 Å². The van der Waals surface area contributed by atoms with Crippen molar-refractivity contribution in [3.63, 3.8) is 0 Å². The molecule has 0 unspecified atom stereocenters. The normalized spacial score (nSPS) is 25.8. The van der Waals surface area contributed by atoms with Gasteiger partial charge in [0.2, 0.25) is 5.91 Å². The number of nitrogens with zero attached hydrogens (tertiary/aromatic N) is 4. The highest BCUT2D eigenvalue weighted by atomic mass is 16.5. The lowest BCUT2D eigenvalue weighted by atomic mass is 9.83. The first-order valence-corrected chi connectivity index (χ1v) is 9.19. The number of nitrogens with one attached hydrogen (secondary N) is 1. The summed E-state index contributed by atoms with van der Waals surface area (Å²) in [4.78, 5) is 18.8. The van der Waals surface area contributed by atoms with Crippen LogP contribution in [0.4, 0.5) is 5.69 Å². The van der Waals surface area contributed by atoms with Gasteiger partial charge in [-0.3, -0.25) is 19.4 Å². The van der Waals surface area contributed by atoms with Crippen LogP contribution in [0.25, 0.3) is 0 Å². The van der Waals surface area contributed by atoms with Crippen LogP contribution in [-0.2, 0) is 23.1 Å². The van der Waals surface area contributed by atoms with Gasteiger partial charge in [0.25, 0.3) is 0 Å². The van der Waals surface area contributed by atoms with Crippen LogP contribution < -0.4 is 5.32 Å². The average molecular weight is 355 g/mol. The third-order valence-electron chi connectivity index (χ3n) is 5.38. The zero-order valence-electron chi connectivity index (χ0n) is 15.0. The van der Waals surface area contributed by atoms with Crippen molar-refractivity contribution in [1.82, 2.24) is 19.7 Å². The summed E-state index contributed by atoms with van der Waals surface area (Å²) in [6.07, 6.45) is 8.88. The molecular formula is C19H25N5O2. The van der Waals surface area contributed by atoms with Crippen LogP contribution in [0.2, 0.25) is 0 Å². The second kappa shape index (κ2) is 7.55. The minimum Gasteiger partial charge on any atom is -0.377 e. The summed E-state index contributed by atoms with van der Waals surface area (Å²) in [7, 11) is 1.95. The second-order valence-corrected chi connectivity index (χ2v) is 7.34. The van der Waals surface area contributed by atoms with Crippen molar-refractivity contribution in [2.75, 3.05) is 25.0 Å². The SMILES string of the molecule is Cn1cc(CN2CC[C@@H]3[C@@H](CO[C@H]3CC(=O)Nc3cccnc3)C2)cn1. The highest BCUT2D eigenvalue weighted by molar-refractivity contribution is 5.90. The first-order chi connectivity index (χ1) is 12.7. The summed E-state index contributed by atoms with van der Waals surface area (Å²) < 4.78 is 7.84. The molecule has 4 heterocycles. The molecule has 1 amide bonds. The van der Waals surface area contributed by atoms with E-state index in [1.54, 1.807) is 12.4 Å². The van der Waals surface area contributed by atoms with E-state index in [9.17, 15) is 4.79 Å². The molecule has 2 aliphatic rings. The van der Waals surface area contributed by atoms with E-state index in [-0.39, 0.29) is 12.0 Å². The molecule has 0 aromatic carbocycles. The zero-order valence-corrected chi connectivity index (χ0v) is 15.0. The fourth-order valence-corrected chi connectivity index (χ4v) is 4.16. The standard InChI is InChI=1S/C19H25N5O2/c1-23-10-14(8-21-23)11-24-6-4-17-15(12-24)13-26-18(17)7-19(25)22-16-3-2-5-20-9-16/h2-3,5,8-10,15,17-18H,4,6-7,11-13H2,1H3,(H,22,25)/t15-,17-,18+/m1/s1. The number of ether oxygens (including phenoxy) is 1. The van der Waals surface area contributed by atoms with Gasteiger partial charge in [-0.15, -0.1) is 0 Å². The Hall–Kier alpha value is -2.25. The van der Waals surface area contributed by atoms with Gasteiger partial charge in [-0.2, -0.15) is 5.10 Å². The summed E-state index contributed by atoms with van der Waals surface area (Å²) in [5.74, 6) is 0.984. The van der Waals surface area contributed by atoms with E-state index in [2.05, 4.69) is 26.5 Å². The number of carbonyl (C=O) groups is 1. The Balaban J connectivity index is 1.29. The van der Waals surface area contributed by atoms with E-state index in [0.717, 1.165) is 38.3 Å². The first-order valence-electron chi connectivity index (χ1n) is 9.19. The van der Waals surface area contributed by atoms with Crippen LogP contribution in [-0.4, -0.2) is 51.4 Å². The molecule has 2 aliphatic heterocycles. The fraction of sp³-hybridized carbons (Fsp3) is 0.526. The van der Waals surface area contributed by atoms with Gasteiger partial charge in [0.15, 0.2) is 0 Å². The van der Waals surface area contributed by atoms with Gasteiger partial charge >= 0.3 is 0 Å². The predicted molar refractivity (Wildman–Crippen MR) is 97.3 cm³/mol. The maximum Gasteiger partial charge on any atom is 0.227 e. The number of aromatic nitrogens is 3. The molecule has 26 heavy (non-hydrogen) atoms. The molecule has 2 saturated heterocycles. The van der Waals surface area contributed by atoms with E-state index < -0.39 is 0 Å². The van der Waals surface area contributed by atoms with Gasteiger partial charge in [0, 0.05) is 44.0 Å². The molecular weight excluding hydrogens is 330 g/mol. The van der Waals surface area contributed by atoms with Gasteiger partial charge in [-0.1, -0.05) is 0 Å². The Kier molecular flexibility index (Phi) is 4.99. The third kappa shape index (κ3) is 3.94. The van der Waals surface area contributed by atoms with Gasteiger partial charge < -0.3 is 10.1 Å². The van der Waals surface area contributed by atoms with E-state index in [1.165, 1.54) is 5.56 Å². The molecule has 4 rings (SSSR count).